The Morgan fingerprint density at radius 1 is 1.24 bits per heavy atom. The predicted octanol–water partition coefficient (Wildman–Crippen LogP) is 2.46. The van der Waals surface area contributed by atoms with E-state index in [2.05, 4.69) is 20.7 Å². The van der Waals surface area contributed by atoms with E-state index in [0.717, 1.165) is 25.9 Å². The Morgan fingerprint density at radius 2 is 2.03 bits per heavy atom. The van der Waals surface area contributed by atoms with Crippen LogP contribution < -0.4 is 16.3 Å². The van der Waals surface area contributed by atoms with Crippen molar-refractivity contribution in [2.24, 2.45) is 7.05 Å². The Morgan fingerprint density at radius 3 is 2.72 bits per heavy atom. The number of rotatable bonds is 4. The molecule has 0 aliphatic carbocycles. The number of aromatic nitrogens is 3. The zero-order valence-electron chi connectivity index (χ0n) is 16.4. The van der Waals surface area contributed by atoms with Gasteiger partial charge in [-0.1, -0.05) is 6.07 Å². The van der Waals surface area contributed by atoms with Crippen molar-refractivity contribution >= 4 is 11.7 Å². The van der Waals surface area contributed by atoms with Crippen LogP contribution in [-0.4, -0.2) is 33.8 Å². The normalized spacial score (nSPS) is 14.7. The van der Waals surface area contributed by atoms with E-state index in [1.807, 2.05) is 24.3 Å². The number of aryl methyl sites for hydroxylation is 2. The minimum Gasteiger partial charge on any atom is -0.427 e. The maximum Gasteiger partial charge on any atom is 0.349 e. The average molecular weight is 393 g/mol. The molecule has 1 fully saturated rings. The standard InChI is InChI=1S/C21H23N5O3/c1-13-11-17(14-6-9-22-10-7-14)29-21(28)19(13)20(27)24-18-12-16(25-26(18)2)15-5-3-4-8-23-15/h3-5,8,11-12,14,22H,6-7,9-10H2,1-2H3,(H,24,27). The van der Waals surface area contributed by atoms with Crippen molar-refractivity contribution < 1.29 is 9.21 Å². The number of carbonyl (C=O) groups excluding carboxylic acids is 1. The molecule has 1 amide bonds. The highest BCUT2D eigenvalue weighted by Crippen LogP contribution is 2.26. The second kappa shape index (κ2) is 8.00. The number of amides is 1. The van der Waals surface area contributed by atoms with Gasteiger partial charge in [0, 0.05) is 25.2 Å². The maximum atomic E-state index is 12.8. The van der Waals surface area contributed by atoms with Crippen molar-refractivity contribution in [1.29, 1.82) is 0 Å². The fourth-order valence-corrected chi connectivity index (χ4v) is 3.62. The SMILES string of the molecule is Cc1cc(C2CCNCC2)oc(=O)c1C(=O)Nc1cc(-c2ccccn2)nn1C. The minimum absolute atomic E-state index is 0.0169. The van der Waals surface area contributed by atoms with Crippen molar-refractivity contribution in [3.05, 3.63) is 63.8 Å². The highest BCUT2D eigenvalue weighted by molar-refractivity contribution is 6.04. The third-order valence-electron chi connectivity index (χ3n) is 5.19. The Labute approximate surface area is 168 Å². The molecule has 0 saturated carbocycles. The van der Waals surface area contributed by atoms with Gasteiger partial charge in [0.2, 0.25) is 0 Å². The van der Waals surface area contributed by atoms with Crippen LogP contribution in [-0.2, 0) is 7.05 Å². The Balaban J connectivity index is 1.57. The molecule has 0 radical (unpaired) electrons. The molecule has 8 nitrogen and oxygen atoms in total. The smallest absolute Gasteiger partial charge is 0.349 e. The molecule has 0 atom stereocenters. The van der Waals surface area contributed by atoms with Gasteiger partial charge in [0.25, 0.3) is 5.91 Å². The summed E-state index contributed by atoms with van der Waals surface area (Å²) in [4.78, 5) is 29.6. The van der Waals surface area contributed by atoms with Crippen LogP contribution in [0.1, 0.15) is 40.4 Å². The molecule has 29 heavy (non-hydrogen) atoms. The lowest BCUT2D eigenvalue weighted by atomic mass is 9.94. The molecule has 0 spiro atoms. The predicted molar refractivity (Wildman–Crippen MR) is 109 cm³/mol. The van der Waals surface area contributed by atoms with Crippen molar-refractivity contribution in [1.82, 2.24) is 20.1 Å². The van der Waals surface area contributed by atoms with E-state index >= 15 is 0 Å². The molecular weight excluding hydrogens is 370 g/mol. The third-order valence-corrected chi connectivity index (χ3v) is 5.19. The molecule has 1 aliphatic rings. The fourth-order valence-electron chi connectivity index (χ4n) is 3.62. The molecule has 8 heteroatoms. The summed E-state index contributed by atoms with van der Waals surface area (Å²) in [5.74, 6) is 0.821. The van der Waals surface area contributed by atoms with Crippen LogP contribution in [0, 0.1) is 6.92 Å². The zero-order valence-corrected chi connectivity index (χ0v) is 16.4. The van der Waals surface area contributed by atoms with Crippen molar-refractivity contribution in [3.8, 4) is 11.4 Å². The largest absolute Gasteiger partial charge is 0.427 e. The molecule has 4 heterocycles. The monoisotopic (exact) mass is 393 g/mol. The van der Waals surface area contributed by atoms with Gasteiger partial charge in [-0.15, -0.1) is 0 Å². The number of piperidine rings is 1. The van der Waals surface area contributed by atoms with Gasteiger partial charge in [0.15, 0.2) is 0 Å². The van der Waals surface area contributed by atoms with Gasteiger partial charge in [-0.05, 0) is 56.6 Å². The Bertz CT molecular complexity index is 1080. The number of hydrogen-bond acceptors (Lipinski definition) is 6. The first-order valence-corrected chi connectivity index (χ1v) is 9.65. The number of anilines is 1. The second-order valence-electron chi connectivity index (χ2n) is 7.23. The van der Waals surface area contributed by atoms with Crippen LogP contribution in [0.5, 0.6) is 0 Å². The van der Waals surface area contributed by atoms with Crippen LogP contribution in [0.3, 0.4) is 0 Å². The molecule has 0 aromatic carbocycles. The maximum absolute atomic E-state index is 12.8. The summed E-state index contributed by atoms with van der Waals surface area (Å²) in [6.07, 6.45) is 3.51. The summed E-state index contributed by atoms with van der Waals surface area (Å²) in [5.41, 5.74) is 1.35. The molecule has 0 unspecified atom stereocenters. The van der Waals surface area contributed by atoms with Gasteiger partial charge in [0.1, 0.15) is 22.8 Å². The van der Waals surface area contributed by atoms with E-state index in [1.54, 1.807) is 30.9 Å². The molecule has 0 bridgehead atoms. The molecule has 1 aliphatic heterocycles. The lowest BCUT2D eigenvalue weighted by molar-refractivity contribution is 0.102. The summed E-state index contributed by atoms with van der Waals surface area (Å²) >= 11 is 0. The molecule has 2 N–H and O–H groups in total. The Kier molecular flexibility index (Phi) is 5.26. The van der Waals surface area contributed by atoms with Gasteiger partial charge >= 0.3 is 5.63 Å². The van der Waals surface area contributed by atoms with Gasteiger partial charge in [0.05, 0.1) is 5.69 Å². The number of hydrogen-bond donors (Lipinski definition) is 2. The van der Waals surface area contributed by atoms with E-state index in [9.17, 15) is 9.59 Å². The first-order chi connectivity index (χ1) is 14.0. The lowest BCUT2D eigenvalue weighted by Gasteiger charge is -2.21. The highest BCUT2D eigenvalue weighted by Gasteiger charge is 2.23. The summed E-state index contributed by atoms with van der Waals surface area (Å²) < 4.78 is 7.06. The van der Waals surface area contributed by atoms with Crippen LogP contribution in [0.25, 0.3) is 11.4 Å². The van der Waals surface area contributed by atoms with E-state index in [-0.39, 0.29) is 11.5 Å². The highest BCUT2D eigenvalue weighted by atomic mass is 16.4. The van der Waals surface area contributed by atoms with Gasteiger partial charge in [-0.3, -0.25) is 14.5 Å². The van der Waals surface area contributed by atoms with Crippen molar-refractivity contribution in [3.63, 3.8) is 0 Å². The second-order valence-corrected chi connectivity index (χ2v) is 7.23. The van der Waals surface area contributed by atoms with Gasteiger partial charge < -0.3 is 15.1 Å². The van der Waals surface area contributed by atoms with Crippen molar-refractivity contribution in [2.45, 2.75) is 25.7 Å². The lowest BCUT2D eigenvalue weighted by Crippen LogP contribution is -2.28. The number of nitrogens with one attached hydrogen (secondary N) is 2. The molecule has 3 aromatic heterocycles. The molecule has 1 saturated heterocycles. The van der Waals surface area contributed by atoms with Crippen LogP contribution in [0.2, 0.25) is 0 Å². The number of pyridine rings is 1. The van der Waals surface area contributed by atoms with Crippen LogP contribution in [0.4, 0.5) is 5.82 Å². The van der Waals surface area contributed by atoms with Gasteiger partial charge in [-0.2, -0.15) is 5.10 Å². The van der Waals surface area contributed by atoms with Gasteiger partial charge in [-0.25, -0.2) is 4.79 Å². The Hall–Kier alpha value is -3.26. The van der Waals surface area contributed by atoms with E-state index in [1.165, 1.54) is 0 Å². The molecule has 3 aromatic rings. The first kappa shape index (κ1) is 19.1. The summed E-state index contributed by atoms with van der Waals surface area (Å²) in [6, 6.07) is 9.07. The van der Waals surface area contributed by atoms with E-state index < -0.39 is 11.5 Å². The van der Waals surface area contributed by atoms with Crippen LogP contribution >= 0.6 is 0 Å². The zero-order chi connectivity index (χ0) is 20.4. The molecular formula is C21H23N5O3. The van der Waals surface area contributed by atoms with Crippen LogP contribution in [0.15, 0.2) is 45.7 Å². The quantitative estimate of drug-likeness (QED) is 0.706. The minimum atomic E-state index is -0.608. The summed E-state index contributed by atoms with van der Waals surface area (Å²) in [6.45, 7) is 3.56. The summed E-state index contributed by atoms with van der Waals surface area (Å²) in [5, 5.41) is 10.4. The fraction of sp³-hybridized carbons (Fsp3) is 0.333. The third kappa shape index (κ3) is 3.97. The van der Waals surface area contributed by atoms with Crippen molar-refractivity contribution in [2.75, 3.05) is 18.4 Å². The topological polar surface area (TPSA) is 102 Å². The number of nitrogens with zero attached hydrogens (tertiary/aromatic N) is 3. The first-order valence-electron chi connectivity index (χ1n) is 9.65. The van der Waals surface area contributed by atoms with E-state index in [0.29, 0.717) is 28.5 Å². The average Bonchev–Trinajstić information content (AvgIpc) is 3.09. The molecule has 4 rings (SSSR count). The number of carbonyl (C=O) groups is 1. The summed E-state index contributed by atoms with van der Waals surface area (Å²) in [7, 11) is 1.72. The van der Waals surface area contributed by atoms with E-state index in [4.69, 9.17) is 4.42 Å². The molecule has 150 valence electrons.